The maximum atomic E-state index is 10.0. The van der Waals surface area contributed by atoms with E-state index in [1.54, 1.807) is 12.1 Å². The van der Waals surface area contributed by atoms with Gasteiger partial charge in [-0.05, 0) is 71.7 Å². The van der Waals surface area contributed by atoms with E-state index in [9.17, 15) is 10.2 Å². The Kier molecular flexibility index (Phi) is 5.12. The summed E-state index contributed by atoms with van der Waals surface area (Å²) in [6.45, 7) is 8.32. The standard InChI is InChI=1S/C20H26O2/c1-5-6-7-16-14(4)19(21)11-9-17(16)15-8-10-20(22)18(12-15)13(2)3/h8-13,21-22H,5-7H2,1-4H3. The van der Waals surface area contributed by atoms with Crippen molar-refractivity contribution in [2.75, 3.05) is 0 Å². The summed E-state index contributed by atoms with van der Waals surface area (Å²) in [5.41, 5.74) is 5.40. The van der Waals surface area contributed by atoms with E-state index < -0.39 is 0 Å². The lowest BCUT2D eigenvalue weighted by atomic mass is 9.90. The number of hydrogen-bond donors (Lipinski definition) is 2. The Morgan fingerprint density at radius 2 is 1.68 bits per heavy atom. The van der Waals surface area contributed by atoms with Gasteiger partial charge in [0.25, 0.3) is 0 Å². The van der Waals surface area contributed by atoms with Crippen LogP contribution < -0.4 is 0 Å². The van der Waals surface area contributed by atoms with E-state index in [2.05, 4.69) is 26.8 Å². The normalized spacial score (nSPS) is 11.1. The number of hydrogen-bond acceptors (Lipinski definition) is 2. The van der Waals surface area contributed by atoms with Crippen molar-refractivity contribution < 1.29 is 10.2 Å². The monoisotopic (exact) mass is 298 g/mol. The second-order valence-corrected chi connectivity index (χ2v) is 6.27. The molecule has 2 nitrogen and oxygen atoms in total. The van der Waals surface area contributed by atoms with Crippen molar-refractivity contribution in [2.24, 2.45) is 0 Å². The van der Waals surface area contributed by atoms with Crippen LogP contribution in [-0.4, -0.2) is 10.2 Å². The minimum absolute atomic E-state index is 0.275. The number of unbranched alkanes of at least 4 members (excludes halogenated alkanes) is 1. The van der Waals surface area contributed by atoms with E-state index in [0.717, 1.165) is 41.5 Å². The lowest BCUT2D eigenvalue weighted by molar-refractivity contribution is 0.465. The van der Waals surface area contributed by atoms with Crippen molar-refractivity contribution in [1.82, 2.24) is 0 Å². The fourth-order valence-corrected chi connectivity index (χ4v) is 2.88. The second-order valence-electron chi connectivity index (χ2n) is 6.27. The third-order valence-electron chi connectivity index (χ3n) is 4.31. The van der Waals surface area contributed by atoms with Gasteiger partial charge in [0.1, 0.15) is 11.5 Å². The first kappa shape index (κ1) is 16.4. The third kappa shape index (κ3) is 3.27. The molecule has 0 bridgehead atoms. The molecule has 0 radical (unpaired) electrons. The molecular formula is C20H26O2. The van der Waals surface area contributed by atoms with Crippen LogP contribution in [0.3, 0.4) is 0 Å². The molecule has 0 saturated heterocycles. The van der Waals surface area contributed by atoms with Crippen LogP contribution in [0.25, 0.3) is 11.1 Å². The molecule has 2 heteroatoms. The van der Waals surface area contributed by atoms with E-state index >= 15 is 0 Å². The molecule has 0 fully saturated rings. The van der Waals surface area contributed by atoms with Gasteiger partial charge >= 0.3 is 0 Å². The SMILES string of the molecule is CCCCc1c(-c2ccc(O)c(C(C)C)c2)ccc(O)c1C. The lowest BCUT2D eigenvalue weighted by Crippen LogP contribution is -1.96. The van der Waals surface area contributed by atoms with Crippen molar-refractivity contribution in [3.05, 3.63) is 47.0 Å². The van der Waals surface area contributed by atoms with Crippen LogP contribution in [0.5, 0.6) is 11.5 Å². The van der Waals surface area contributed by atoms with Crippen LogP contribution in [-0.2, 0) is 6.42 Å². The van der Waals surface area contributed by atoms with Crippen molar-refractivity contribution in [1.29, 1.82) is 0 Å². The summed E-state index contributed by atoms with van der Waals surface area (Å²) in [6, 6.07) is 9.56. The van der Waals surface area contributed by atoms with Gasteiger partial charge in [-0.2, -0.15) is 0 Å². The van der Waals surface area contributed by atoms with Gasteiger partial charge in [0, 0.05) is 0 Å². The second kappa shape index (κ2) is 6.87. The Labute approximate surface area is 133 Å². The molecule has 2 N–H and O–H groups in total. The molecule has 0 atom stereocenters. The van der Waals surface area contributed by atoms with Gasteiger partial charge in [0.05, 0.1) is 0 Å². The first-order chi connectivity index (χ1) is 10.5. The Bertz CT molecular complexity index is 657. The number of rotatable bonds is 5. The minimum atomic E-state index is 0.275. The summed E-state index contributed by atoms with van der Waals surface area (Å²) in [5, 5.41) is 20.0. The molecule has 2 rings (SSSR count). The van der Waals surface area contributed by atoms with Gasteiger partial charge in [-0.15, -0.1) is 0 Å². The highest BCUT2D eigenvalue weighted by Crippen LogP contribution is 2.36. The molecule has 0 unspecified atom stereocenters. The fourth-order valence-electron chi connectivity index (χ4n) is 2.88. The largest absolute Gasteiger partial charge is 0.508 e. The molecule has 0 saturated carbocycles. The Balaban J connectivity index is 2.57. The van der Waals surface area contributed by atoms with Crippen LogP contribution in [0.4, 0.5) is 0 Å². The lowest BCUT2D eigenvalue weighted by Gasteiger charge is -2.16. The molecule has 0 aliphatic rings. The van der Waals surface area contributed by atoms with E-state index in [-0.39, 0.29) is 5.92 Å². The number of phenolic OH excluding ortho intramolecular Hbond substituents is 2. The van der Waals surface area contributed by atoms with Gasteiger partial charge in [-0.25, -0.2) is 0 Å². The Morgan fingerprint density at radius 1 is 1.00 bits per heavy atom. The average Bonchev–Trinajstić information content (AvgIpc) is 2.49. The molecule has 2 aromatic rings. The third-order valence-corrected chi connectivity index (χ3v) is 4.31. The van der Waals surface area contributed by atoms with Gasteiger partial charge < -0.3 is 10.2 Å². The van der Waals surface area contributed by atoms with E-state index in [1.807, 2.05) is 19.1 Å². The zero-order chi connectivity index (χ0) is 16.3. The maximum absolute atomic E-state index is 10.0. The zero-order valence-corrected chi connectivity index (χ0v) is 14.0. The van der Waals surface area contributed by atoms with Crippen LogP contribution in [0, 0.1) is 6.92 Å². The highest BCUT2D eigenvalue weighted by atomic mass is 16.3. The van der Waals surface area contributed by atoms with E-state index in [0.29, 0.717) is 11.5 Å². The van der Waals surface area contributed by atoms with Crippen LogP contribution in [0.2, 0.25) is 0 Å². The predicted molar refractivity (Wildman–Crippen MR) is 92.6 cm³/mol. The summed E-state index contributed by atoms with van der Waals surface area (Å²) in [5.74, 6) is 0.985. The Hall–Kier alpha value is -1.96. The molecule has 22 heavy (non-hydrogen) atoms. The van der Waals surface area contributed by atoms with E-state index in [1.165, 1.54) is 5.56 Å². The van der Waals surface area contributed by atoms with Crippen LogP contribution in [0.15, 0.2) is 30.3 Å². The molecule has 2 aromatic carbocycles. The number of phenols is 2. The van der Waals surface area contributed by atoms with Crippen LogP contribution in [0.1, 0.15) is 56.2 Å². The Morgan fingerprint density at radius 3 is 2.32 bits per heavy atom. The molecule has 0 spiro atoms. The highest BCUT2D eigenvalue weighted by molar-refractivity contribution is 5.72. The number of benzene rings is 2. The molecule has 0 aromatic heterocycles. The summed E-state index contributed by atoms with van der Waals surface area (Å²) < 4.78 is 0. The molecule has 0 aliphatic carbocycles. The van der Waals surface area contributed by atoms with Gasteiger partial charge in [-0.3, -0.25) is 0 Å². The summed E-state index contributed by atoms with van der Waals surface area (Å²) in [4.78, 5) is 0. The maximum Gasteiger partial charge on any atom is 0.119 e. The summed E-state index contributed by atoms with van der Waals surface area (Å²) >= 11 is 0. The predicted octanol–water partition coefficient (Wildman–Crippen LogP) is 5.54. The van der Waals surface area contributed by atoms with Gasteiger partial charge in [-0.1, -0.05) is 39.3 Å². The van der Waals surface area contributed by atoms with Gasteiger partial charge in [0.2, 0.25) is 0 Å². The quantitative estimate of drug-likeness (QED) is 0.761. The molecule has 0 aliphatic heterocycles. The smallest absolute Gasteiger partial charge is 0.119 e. The molecule has 0 amide bonds. The first-order valence-electron chi connectivity index (χ1n) is 8.10. The highest BCUT2D eigenvalue weighted by Gasteiger charge is 2.13. The fraction of sp³-hybridized carbons (Fsp3) is 0.400. The van der Waals surface area contributed by atoms with E-state index in [4.69, 9.17) is 0 Å². The zero-order valence-electron chi connectivity index (χ0n) is 14.0. The first-order valence-corrected chi connectivity index (χ1v) is 8.10. The molecular weight excluding hydrogens is 272 g/mol. The van der Waals surface area contributed by atoms with Crippen molar-refractivity contribution in [3.63, 3.8) is 0 Å². The molecule has 118 valence electrons. The van der Waals surface area contributed by atoms with Crippen molar-refractivity contribution in [3.8, 4) is 22.6 Å². The summed E-state index contributed by atoms with van der Waals surface area (Å²) in [6.07, 6.45) is 3.19. The minimum Gasteiger partial charge on any atom is -0.508 e. The van der Waals surface area contributed by atoms with Crippen LogP contribution >= 0.6 is 0 Å². The summed E-state index contributed by atoms with van der Waals surface area (Å²) in [7, 11) is 0. The molecule has 0 heterocycles. The van der Waals surface area contributed by atoms with Crippen molar-refractivity contribution in [2.45, 2.75) is 52.9 Å². The van der Waals surface area contributed by atoms with Crippen molar-refractivity contribution >= 4 is 0 Å². The number of aromatic hydroxyl groups is 2. The average molecular weight is 298 g/mol. The van der Waals surface area contributed by atoms with Gasteiger partial charge in [0.15, 0.2) is 0 Å². The topological polar surface area (TPSA) is 40.5 Å².